The van der Waals surface area contributed by atoms with Crippen molar-refractivity contribution < 1.29 is 9.47 Å². The standard InChI is InChI=1S/C12H18O2/c1-11-7-12(8-13-11,9-14-11)10-5-3-2-4-6-10/h3,5,10H,2,4,6-9H2,1H3. The van der Waals surface area contributed by atoms with Crippen molar-refractivity contribution in [3.63, 3.8) is 0 Å². The molecule has 0 saturated carbocycles. The highest BCUT2D eigenvalue weighted by Crippen LogP contribution is 2.53. The van der Waals surface area contributed by atoms with Gasteiger partial charge < -0.3 is 9.47 Å². The lowest BCUT2D eigenvalue weighted by Crippen LogP contribution is -2.35. The number of hydrogen-bond donors (Lipinski definition) is 0. The van der Waals surface area contributed by atoms with Gasteiger partial charge in [-0.25, -0.2) is 0 Å². The Labute approximate surface area is 85.3 Å². The molecule has 0 amide bonds. The van der Waals surface area contributed by atoms with Crippen molar-refractivity contribution in [2.24, 2.45) is 11.3 Å². The zero-order valence-corrected chi connectivity index (χ0v) is 8.79. The first-order valence-corrected chi connectivity index (χ1v) is 5.67. The average molecular weight is 194 g/mol. The molecule has 2 nitrogen and oxygen atoms in total. The molecular weight excluding hydrogens is 176 g/mol. The number of ether oxygens (including phenoxy) is 2. The zero-order valence-electron chi connectivity index (χ0n) is 8.79. The largest absolute Gasteiger partial charge is 0.350 e. The van der Waals surface area contributed by atoms with Crippen LogP contribution in [-0.4, -0.2) is 19.0 Å². The predicted octanol–water partition coefficient (Wildman–Crippen LogP) is 2.50. The molecule has 2 bridgehead atoms. The van der Waals surface area contributed by atoms with Gasteiger partial charge in [0, 0.05) is 11.8 Å². The second-order valence-electron chi connectivity index (χ2n) is 5.22. The molecule has 2 fully saturated rings. The summed E-state index contributed by atoms with van der Waals surface area (Å²) in [5.74, 6) is 0.436. The molecule has 1 unspecified atom stereocenters. The SMILES string of the molecule is CC12CC(C3C=CCCC3)(CO1)CO2. The summed E-state index contributed by atoms with van der Waals surface area (Å²) in [6.07, 6.45) is 9.73. The molecule has 0 radical (unpaired) electrons. The molecule has 1 atom stereocenters. The zero-order chi connectivity index (χ0) is 9.65. The van der Waals surface area contributed by atoms with Crippen LogP contribution >= 0.6 is 0 Å². The van der Waals surface area contributed by atoms with E-state index in [1.54, 1.807) is 0 Å². The van der Waals surface area contributed by atoms with E-state index in [0.29, 0.717) is 11.3 Å². The van der Waals surface area contributed by atoms with Gasteiger partial charge in [-0.05, 0) is 32.1 Å². The van der Waals surface area contributed by atoms with E-state index in [9.17, 15) is 0 Å². The lowest BCUT2D eigenvalue weighted by molar-refractivity contribution is -0.213. The maximum absolute atomic E-state index is 5.74. The molecule has 2 heterocycles. The van der Waals surface area contributed by atoms with Crippen molar-refractivity contribution in [1.82, 2.24) is 0 Å². The monoisotopic (exact) mass is 194 g/mol. The molecule has 14 heavy (non-hydrogen) atoms. The summed E-state index contributed by atoms with van der Waals surface area (Å²) < 4.78 is 11.5. The first-order valence-electron chi connectivity index (χ1n) is 5.67. The van der Waals surface area contributed by atoms with Crippen LogP contribution in [-0.2, 0) is 9.47 Å². The summed E-state index contributed by atoms with van der Waals surface area (Å²) in [7, 11) is 0. The minimum Gasteiger partial charge on any atom is -0.350 e. The predicted molar refractivity (Wildman–Crippen MR) is 53.8 cm³/mol. The van der Waals surface area contributed by atoms with Gasteiger partial charge in [-0.15, -0.1) is 0 Å². The highest BCUT2D eigenvalue weighted by molar-refractivity contribution is 5.08. The molecule has 0 aromatic rings. The van der Waals surface area contributed by atoms with Crippen molar-refractivity contribution in [3.05, 3.63) is 12.2 Å². The molecule has 0 aromatic carbocycles. The maximum atomic E-state index is 5.74. The number of rotatable bonds is 1. The van der Waals surface area contributed by atoms with Gasteiger partial charge in [-0.2, -0.15) is 0 Å². The van der Waals surface area contributed by atoms with E-state index >= 15 is 0 Å². The van der Waals surface area contributed by atoms with Gasteiger partial charge in [-0.3, -0.25) is 0 Å². The van der Waals surface area contributed by atoms with Gasteiger partial charge >= 0.3 is 0 Å². The van der Waals surface area contributed by atoms with Crippen LogP contribution in [0.5, 0.6) is 0 Å². The van der Waals surface area contributed by atoms with Crippen molar-refractivity contribution in [2.45, 2.75) is 38.4 Å². The van der Waals surface area contributed by atoms with Gasteiger partial charge in [0.15, 0.2) is 5.79 Å². The lowest BCUT2D eigenvalue weighted by atomic mass is 9.71. The molecule has 2 saturated heterocycles. The van der Waals surface area contributed by atoms with Crippen LogP contribution in [0.15, 0.2) is 12.2 Å². The summed E-state index contributed by atoms with van der Waals surface area (Å²) in [6.45, 7) is 3.88. The highest BCUT2D eigenvalue weighted by Gasteiger charge is 2.57. The molecule has 78 valence electrons. The Bertz CT molecular complexity index is 261. The number of allylic oxidation sites excluding steroid dienone is 2. The fourth-order valence-electron chi connectivity index (χ4n) is 3.19. The quantitative estimate of drug-likeness (QED) is 0.597. The summed E-state index contributed by atoms with van der Waals surface area (Å²) in [4.78, 5) is 0. The third-order valence-corrected chi connectivity index (χ3v) is 4.04. The molecule has 2 heteroatoms. The lowest BCUT2D eigenvalue weighted by Gasteiger charge is -2.34. The Kier molecular flexibility index (Phi) is 1.80. The van der Waals surface area contributed by atoms with Crippen LogP contribution in [0.1, 0.15) is 32.6 Å². The molecule has 3 rings (SSSR count). The van der Waals surface area contributed by atoms with E-state index in [0.717, 1.165) is 19.6 Å². The van der Waals surface area contributed by atoms with Gasteiger partial charge in [0.05, 0.1) is 13.2 Å². The second kappa shape index (κ2) is 2.83. The van der Waals surface area contributed by atoms with Crippen LogP contribution in [0.3, 0.4) is 0 Å². The van der Waals surface area contributed by atoms with Crippen molar-refractivity contribution >= 4 is 0 Å². The molecule has 3 aliphatic rings. The molecular formula is C12H18O2. The van der Waals surface area contributed by atoms with Crippen LogP contribution in [0.4, 0.5) is 0 Å². The molecule has 2 aliphatic heterocycles. The average Bonchev–Trinajstić information content (AvgIpc) is 2.74. The van der Waals surface area contributed by atoms with E-state index in [2.05, 4.69) is 19.1 Å². The van der Waals surface area contributed by atoms with Gasteiger partial charge in [-0.1, -0.05) is 12.2 Å². The molecule has 1 aliphatic carbocycles. The first-order chi connectivity index (χ1) is 6.73. The van der Waals surface area contributed by atoms with E-state index in [4.69, 9.17) is 9.47 Å². The van der Waals surface area contributed by atoms with Crippen LogP contribution in [0, 0.1) is 11.3 Å². The van der Waals surface area contributed by atoms with Crippen LogP contribution in [0.25, 0.3) is 0 Å². The second-order valence-corrected chi connectivity index (χ2v) is 5.22. The molecule has 0 N–H and O–H groups in total. The van der Waals surface area contributed by atoms with E-state index < -0.39 is 0 Å². The van der Waals surface area contributed by atoms with Crippen molar-refractivity contribution in [3.8, 4) is 0 Å². The van der Waals surface area contributed by atoms with E-state index in [1.807, 2.05) is 0 Å². The fourth-order valence-corrected chi connectivity index (χ4v) is 3.19. The summed E-state index contributed by atoms with van der Waals surface area (Å²) in [5, 5.41) is 0. The number of fused-ring (bicyclic) bond motifs is 2. The third-order valence-electron chi connectivity index (χ3n) is 4.04. The Balaban J connectivity index is 1.84. The van der Waals surface area contributed by atoms with E-state index in [1.165, 1.54) is 19.3 Å². The van der Waals surface area contributed by atoms with Crippen molar-refractivity contribution in [1.29, 1.82) is 0 Å². The van der Waals surface area contributed by atoms with Crippen LogP contribution in [0.2, 0.25) is 0 Å². The Hall–Kier alpha value is -0.340. The number of hydrogen-bond acceptors (Lipinski definition) is 2. The Morgan fingerprint density at radius 3 is 2.57 bits per heavy atom. The van der Waals surface area contributed by atoms with Gasteiger partial charge in [0.25, 0.3) is 0 Å². The summed E-state index contributed by atoms with van der Waals surface area (Å²) >= 11 is 0. The highest BCUT2D eigenvalue weighted by atomic mass is 16.7. The normalized spacial score (nSPS) is 51.4. The van der Waals surface area contributed by atoms with E-state index in [-0.39, 0.29) is 5.79 Å². The maximum Gasteiger partial charge on any atom is 0.166 e. The van der Waals surface area contributed by atoms with Crippen LogP contribution < -0.4 is 0 Å². The Morgan fingerprint density at radius 1 is 1.29 bits per heavy atom. The summed E-state index contributed by atoms with van der Waals surface area (Å²) in [6, 6.07) is 0. The molecule has 0 aromatic heterocycles. The Morgan fingerprint density at radius 2 is 2.07 bits per heavy atom. The minimum absolute atomic E-state index is 0.259. The third kappa shape index (κ3) is 1.17. The van der Waals surface area contributed by atoms with Gasteiger partial charge in [0.2, 0.25) is 0 Å². The topological polar surface area (TPSA) is 18.5 Å². The first kappa shape index (κ1) is 8.93. The smallest absolute Gasteiger partial charge is 0.166 e. The molecule has 0 spiro atoms. The van der Waals surface area contributed by atoms with Crippen molar-refractivity contribution in [2.75, 3.05) is 13.2 Å². The van der Waals surface area contributed by atoms with Gasteiger partial charge in [0.1, 0.15) is 0 Å². The minimum atomic E-state index is -0.259. The fraction of sp³-hybridized carbons (Fsp3) is 0.833. The summed E-state index contributed by atoms with van der Waals surface area (Å²) in [5.41, 5.74) is 0.311.